The molecule has 1 amide bonds. The monoisotopic (exact) mass is 452 g/mol. The van der Waals surface area contributed by atoms with Crippen LogP contribution in [-0.4, -0.2) is 27.2 Å². The molecule has 0 aliphatic heterocycles. The van der Waals surface area contributed by atoms with Crippen molar-refractivity contribution in [2.45, 2.75) is 27.3 Å². The van der Waals surface area contributed by atoms with Gasteiger partial charge < -0.3 is 10.1 Å². The third-order valence-electron chi connectivity index (χ3n) is 5.37. The molecule has 0 heterocycles. The van der Waals surface area contributed by atoms with Gasteiger partial charge in [-0.05, 0) is 86.0 Å². The Morgan fingerprint density at radius 1 is 0.938 bits per heavy atom. The zero-order chi connectivity index (χ0) is 23.3. The molecule has 0 aliphatic carbocycles. The Labute approximate surface area is 189 Å². The number of nitrogens with one attached hydrogen (secondary N) is 1. The number of sulfonamides is 1. The summed E-state index contributed by atoms with van der Waals surface area (Å²) in [6.45, 7) is 5.82. The summed E-state index contributed by atoms with van der Waals surface area (Å²) in [5, 5.41) is 2.85. The molecule has 3 aromatic rings. The number of ether oxygens (including phenoxy) is 1. The number of carbonyl (C=O) groups excluding carboxylic acids is 1. The molecule has 0 aliphatic rings. The van der Waals surface area contributed by atoms with Crippen molar-refractivity contribution in [1.82, 2.24) is 0 Å². The molecule has 0 fully saturated rings. The van der Waals surface area contributed by atoms with E-state index >= 15 is 0 Å². The van der Waals surface area contributed by atoms with Crippen molar-refractivity contribution in [2.75, 3.05) is 22.5 Å². The summed E-state index contributed by atoms with van der Waals surface area (Å²) in [5.74, 6) is 0.461. The number of anilines is 2. The zero-order valence-electron chi connectivity index (χ0n) is 18.8. The highest BCUT2D eigenvalue weighted by Crippen LogP contribution is 2.25. The lowest BCUT2D eigenvalue weighted by Gasteiger charge is -2.25. The van der Waals surface area contributed by atoms with Crippen molar-refractivity contribution < 1.29 is 17.9 Å². The van der Waals surface area contributed by atoms with E-state index in [0.29, 0.717) is 22.7 Å². The lowest BCUT2D eigenvalue weighted by Crippen LogP contribution is -2.32. The third kappa shape index (κ3) is 5.48. The molecule has 0 bridgehead atoms. The van der Waals surface area contributed by atoms with Crippen molar-refractivity contribution in [2.24, 2.45) is 0 Å². The number of rotatable bonds is 8. The zero-order valence-corrected chi connectivity index (χ0v) is 19.6. The highest BCUT2D eigenvalue weighted by Gasteiger charge is 2.21. The Kier molecular flexibility index (Phi) is 7.20. The summed E-state index contributed by atoms with van der Waals surface area (Å²) in [4.78, 5) is 12.5. The van der Waals surface area contributed by atoms with Gasteiger partial charge in [-0.3, -0.25) is 9.10 Å². The number of nitrogens with zero attached hydrogens (tertiary/aromatic N) is 1. The summed E-state index contributed by atoms with van der Waals surface area (Å²) >= 11 is 0. The minimum absolute atomic E-state index is 0.00985. The largest absolute Gasteiger partial charge is 0.497 e. The number of benzene rings is 3. The molecule has 1 N–H and O–H groups in total. The fourth-order valence-electron chi connectivity index (χ4n) is 3.19. The van der Waals surface area contributed by atoms with E-state index in [4.69, 9.17) is 4.74 Å². The molecule has 0 aromatic heterocycles. The molecule has 6 nitrogen and oxygen atoms in total. The van der Waals surface area contributed by atoms with Gasteiger partial charge in [0.25, 0.3) is 5.91 Å². The fourth-order valence-corrected chi connectivity index (χ4v) is 4.28. The van der Waals surface area contributed by atoms with Crippen molar-refractivity contribution >= 4 is 27.3 Å². The highest BCUT2D eigenvalue weighted by atomic mass is 32.2. The van der Waals surface area contributed by atoms with Crippen LogP contribution in [0.1, 0.15) is 34.0 Å². The van der Waals surface area contributed by atoms with E-state index in [1.54, 1.807) is 50.4 Å². The topological polar surface area (TPSA) is 75.7 Å². The lowest BCUT2D eigenvalue weighted by atomic mass is 10.1. The summed E-state index contributed by atoms with van der Waals surface area (Å²) < 4.78 is 32.1. The minimum Gasteiger partial charge on any atom is -0.497 e. The number of methoxy groups -OCH3 is 1. The SMILES string of the molecule is CCS(=O)(=O)N(Cc1ccc(NC(=O)c2ccc(OC)cc2)cc1)c1ccc(C)c(C)c1. The van der Waals surface area contributed by atoms with E-state index in [2.05, 4.69) is 5.32 Å². The van der Waals surface area contributed by atoms with Gasteiger partial charge in [-0.2, -0.15) is 0 Å². The Balaban J connectivity index is 1.77. The smallest absolute Gasteiger partial charge is 0.255 e. The van der Waals surface area contributed by atoms with E-state index in [1.807, 2.05) is 44.2 Å². The molecule has 7 heteroatoms. The quantitative estimate of drug-likeness (QED) is 0.526. The lowest BCUT2D eigenvalue weighted by molar-refractivity contribution is 0.102. The van der Waals surface area contributed by atoms with Crippen molar-refractivity contribution in [3.63, 3.8) is 0 Å². The van der Waals surface area contributed by atoms with Gasteiger partial charge in [0, 0.05) is 11.3 Å². The predicted octanol–water partition coefficient (Wildman–Crippen LogP) is 4.92. The molecule has 0 radical (unpaired) electrons. The second-order valence-electron chi connectivity index (χ2n) is 7.56. The second-order valence-corrected chi connectivity index (χ2v) is 9.74. The number of hydrogen-bond acceptors (Lipinski definition) is 4. The Hall–Kier alpha value is -3.32. The first kappa shape index (κ1) is 23.3. The van der Waals surface area contributed by atoms with Gasteiger partial charge in [0.15, 0.2) is 0 Å². The maximum absolute atomic E-state index is 12.8. The van der Waals surface area contributed by atoms with Gasteiger partial charge in [-0.25, -0.2) is 8.42 Å². The first-order valence-corrected chi connectivity index (χ1v) is 12.0. The first-order valence-electron chi connectivity index (χ1n) is 10.4. The summed E-state index contributed by atoms with van der Waals surface area (Å²) in [5.41, 5.74) is 4.76. The highest BCUT2D eigenvalue weighted by molar-refractivity contribution is 7.92. The van der Waals surface area contributed by atoms with Crippen LogP contribution >= 0.6 is 0 Å². The number of hydrogen-bond donors (Lipinski definition) is 1. The molecule has 0 saturated carbocycles. The predicted molar refractivity (Wildman–Crippen MR) is 129 cm³/mol. The normalized spacial score (nSPS) is 11.1. The van der Waals surface area contributed by atoms with Crippen LogP contribution in [0.3, 0.4) is 0 Å². The van der Waals surface area contributed by atoms with Crippen LogP contribution in [-0.2, 0) is 16.6 Å². The van der Waals surface area contributed by atoms with Crippen LogP contribution in [0.4, 0.5) is 11.4 Å². The van der Waals surface area contributed by atoms with Gasteiger partial charge in [-0.1, -0.05) is 18.2 Å². The summed E-state index contributed by atoms with van der Waals surface area (Å²) in [7, 11) is -1.89. The van der Waals surface area contributed by atoms with Crippen molar-refractivity contribution in [3.05, 3.63) is 89.0 Å². The molecular formula is C25H28N2O4S. The summed E-state index contributed by atoms with van der Waals surface area (Å²) in [6, 6.07) is 19.7. The molecule has 0 atom stereocenters. The number of aryl methyl sites for hydroxylation is 2. The molecule has 0 saturated heterocycles. The molecule has 32 heavy (non-hydrogen) atoms. The van der Waals surface area contributed by atoms with Gasteiger partial charge >= 0.3 is 0 Å². The van der Waals surface area contributed by atoms with Crippen molar-refractivity contribution in [1.29, 1.82) is 0 Å². The molecular weight excluding hydrogens is 424 g/mol. The van der Waals surface area contributed by atoms with E-state index in [-0.39, 0.29) is 18.2 Å². The minimum atomic E-state index is -3.46. The first-order chi connectivity index (χ1) is 15.2. The number of amides is 1. The fraction of sp³-hybridized carbons (Fsp3) is 0.240. The van der Waals surface area contributed by atoms with E-state index in [0.717, 1.165) is 16.7 Å². The van der Waals surface area contributed by atoms with E-state index in [9.17, 15) is 13.2 Å². The van der Waals surface area contributed by atoms with Crippen LogP contribution in [0.5, 0.6) is 5.75 Å². The van der Waals surface area contributed by atoms with Crippen LogP contribution in [0, 0.1) is 13.8 Å². The average molecular weight is 453 g/mol. The Bertz CT molecular complexity index is 1190. The van der Waals surface area contributed by atoms with Crippen LogP contribution in [0.15, 0.2) is 66.7 Å². The molecule has 3 aromatic carbocycles. The maximum atomic E-state index is 12.8. The van der Waals surface area contributed by atoms with Crippen LogP contribution < -0.4 is 14.4 Å². The average Bonchev–Trinajstić information content (AvgIpc) is 2.80. The second kappa shape index (κ2) is 9.87. The van der Waals surface area contributed by atoms with Gasteiger partial charge in [-0.15, -0.1) is 0 Å². The maximum Gasteiger partial charge on any atom is 0.255 e. The molecule has 0 unspecified atom stereocenters. The summed E-state index contributed by atoms with van der Waals surface area (Å²) in [6.07, 6.45) is 0. The van der Waals surface area contributed by atoms with Crippen LogP contribution in [0.2, 0.25) is 0 Å². The Morgan fingerprint density at radius 2 is 1.59 bits per heavy atom. The molecule has 3 rings (SSSR count). The molecule has 0 spiro atoms. The van der Waals surface area contributed by atoms with Crippen molar-refractivity contribution in [3.8, 4) is 5.75 Å². The van der Waals surface area contributed by atoms with Gasteiger partial charge in [0.05, 0.1) is 25.1 Å². The number of carbonyl (C=O) groups is 1. The van der Waals surface area contributed by atoms with E-state index in [1.165, 1.54) is 4.31 Å². The Morgan fingerprint density at radius 3 is 2.16 bits per heavy atom. The standard InChI is InChI=1S/C25H28N2O4S/c1-5-32(29,30)27(23-13-6-18(2)19(3)16-23)17-20-7-11-22(12-8-20)26-25(28)21-9-14-24(31-4)15-10-21/h6-16H,5,17H2,1-4H3,(H,26,28). The van der Waals surface area contributed by atoms with Crippen LogP contribution in [0.25, 0.3) is 0 Å². The van der Waals surface area contributed by atoms with E-state index < -0.39 is 10.0 Å². The molecule has 168 valence electrons. The van der Waals surface area contributed by atoms with Gasteiger partial charge in [0.1, 0.15) is 5.75 Å². The third-order valence-corrected chi connectivity index (χ3v) is 7.11. The van der Waals surface area contributed by atoms with Gasteiger partial charge in [0.2, 0.25) is 10.0 Å².